The molecule has 1 atom stereocenters. The largest absolute Gasteiger partial charge is 0.479 e. The molecule has 4 heteroatoms. The third-order valence-corrected chi connectivity index (χ3v) is 3.77. The topological polar surface area (TPSA) is 57.5 Å². The zero-order valence-corrected chi connectivity index (χ0v) is 11.1. The lowest BCUT2D eigenvalue weighted by atomic mass is 9.78. The summed E-state index contributed by atoms with van der Waals surface area (Å²) in [6, 6.07) is 12.8. The first-order valence-corrected chi connectivity index (χ1v) is 6.54. The van der Waals surface area contributed by atoms with Gasteiger partial charge in [-0.3, -0.25) is 0 Å². The highest BCUT2D eigenvalue weighted by molar-refractivity contribution is 5.90. The summed E-state index contributed by atoms with van der Waals surface area (Å²) in [5.74, 6) is -1.60. The molecule has 1 aliphatic rings. The first-order valence-electron chi connectivity index (χ1n) is 6.54. The second-order valence-electron chi connectivity index (χ2n) is 5.04. The normalized spacial score (nSPS) is 20.6. The van der Waals surface area contributed by atoms with Gasteiger partial charge < -0.3 is 10.2 Å². The van der Waals surface area contributed by atoms with E-state index in [0.29, 0.717) is 11.1 Å². The van der Waals surface area contributed by atoms with E-state index in [1.54, 1.807) is 42.5 Å². The zero-order chi connectivity index (χ0) is 15.0. The van der Waals surface area contributed by atoms with Crippen molar-refractivity contribution >= 4 is 11.5 Å². The zero-order valence-electron chi connectivity index (χ0n) is 11.1. The van der Waals surface area contributed by atoms with E-state index in [4.69, 9.17) is 0 Å². The predicted molar refractivity (Wildman–Crippen MR) is 76.1 cm³/mol. The van der Waals surface area contributed by atoms with Crippen molar-refractivity contribution in [2.24, 2.45) is 0 Å². The molecule has 3 nitrogen and oxygen atoms in total. The molecule has 0 aliphatic heterocycles. The number of rotatable bonds is 2. The summed E-state index contributed by atoms with van der Waals surface area (Å²) in [5, 5.41) is 19.7. The van der Waals surface area contributed by atoms with Crippen LogP contribution in [0.1, 0.15) is 23.1 Å². The first kappa shape index (κ1) is 13.5. The van der Waals surface area contributed by atoms with Crippen molar-refractivity contribution in [2.75, 3.05) is 0 Å². The average Bonchev–Trinajstić information content (AvgIpc) is 2.49. The number of carboxylic acid groups (broad SMARTS) is 1. The number of hydrogen-bond acceptors (Lipinski definition) is 2. The quantitative estimate of drug-likeness (QED) is 0.891. The lowest BCUT2D eigenvalue weighted by Gasteiger charge is -2.30. The van der Waals surface area contributed by atoms with Crippen molar-refractivity contribution in [3.63, 3.8) is 0 Å². The van der Waals surface area contributed by atoms with Crippen LogP contribution in [-0.4, -0.2) is 16.2 Å². The number of hydrogen-bond donors (Lipinski definition) is 2. The third kappa shape index (κ3) is 2.14. The van der Waals surface area contributed by atoms with Crippen LogP contribution >= 0.6 is 0 Å². The number of carboxylic acids is 1. The third-order valence-electron chi connectivity index (χ3n) is 3.77. The lowest BCUT2D eigenvalue weighted by Crippen LogP contribution is -2.37. The number of benzene rings is 2. The minimum atomic E-state index is -1.92. The summed E-state index contributed by atoms with van der Waals surface area (Å²) in [6.45, 7) is 0. The molecule has 0 saturated heterocycles. The molecule has 2 aromatic rings. The van der Waals surface area contributed by atoms with Crippen LogP contribution < -0.4 is 0 Å². The fourth-order valence-corrected chi connectivity index (χ4v) is 2.65. The number of halogens is 1. The van der Waals surface area contributed by atoms with Crippen LogP contribution in [0.15, 0.2) is 54.6 Å². The standard InChI is InChI=1S/C17H13FO3/c18-12-7-5-11(6-8-12)13-9-10-17(21,16(19)20)15-4-2-1-3-14(13)15/h1-9,21H,10H2,(H,19,20). The van der Waals surface area contributed by atoms with E-state index in [0.717, 1.165) is 11.1 Å². The summed E-state index contributed by atoms with van der Waals surface area (Å²) in [7, 11) is 0. The van der Waals surface area contributed by atoms with E-state index in [-0.39, 0.29) is 12.2 Å². The van der Waals surface area contributed by atoms with Gasteiger partial charge in [0.25, 0.3) is 0 Å². The second kappa shape index (κ2) is 4.82. The Balaban J connectivity index is 2.16. The van der Waals surface area contributed by atoms with Gasteiger partial charge in [-0.15, -0.1) is 0 Å². The smallest absolute Gasteiger partial charge is 0.340 e. The highest BCUT2D eigenvalue weighted by Gasteiger charge is 2.41. The Morgan fingerprint density at radius 2 is 1.76 bits per heavy atom. The molecule has 0 heterocycles. The van der Waals surface area contributed by atoms with E-state index in [9.17, 15) is 19.4 Å². The van der Waals surface area contributed by atoms with Crippen molar-refractivity contribution in [3.05, 3.63) is 77.1 Å². The van der Waals surface area contributed by atoms with Gasteiger partial charge in [-0.25, -0.2) is 9.18 Å². The summed E-state index contributed by atoms with van der Waals surface area (Å²) in [5.41, 5.74) is 0.688. The maximum absolute atomic E-state index is 13.0. The van der Waals surface area contributed by atoms with Crippen LogP contribution in [0, 0.1) is 5.82 Å². The molecule has 0 spiro atoms. The molecule has 3 rings (SSSR count). The van der Waals surface area contributed by atoms with Crippen molar-refractivity contribution in [2.45, 2.75) is 12.0 Å². The monoisotopic (exact) mass is 284 g/mol. The summed E-state index contributed by atoms with van der Waals surface area (Å²) >= 11 is 0. The molecule has 0 fully saturated rings. The van der Waals surface area contributed by atoms with Crippen LogP contribution in [0.4, 0.5) is 4.39 Å². The Morgan fingerprint density at radius 3 is 2.43 bits per heavy atom. The van der Waals surface area contributed by atoms with Crippen LogP contribution in [0.2, 0.25) is 0 Å². The molecule has 0 aromatic heterocycles. The highest BCUT2D eigenvalue weighted by Crippen LogP contribution is 2.40. The van der Waals surface area contributed by atoms with Crippen LogP contribution in [0.5, 0.6) is 0 Å². The first-order chi connectivity index (χ1) is 10.0. The van der Waals surface area contributed by atoms with Gasteiger partial charge in [0.15, 0.2) is 5.60 Å². The molecule has 2 N–H and O–H groups in total. The molecule has 0 amide bonds. The van der Waals surface area contributed by atoms with Crippen molar-refractivity contribution < 1.29 is 19.4 Å². The van der Waals surface area contributed by atoms with E-state index in [1.807, 2.05) is 0 Å². The van der Waals surface area contributed by atoms with Crippen LogP contribution in [-0.2, 0) is 10.4 Å². The molecule has 0 radical (unpaired) electrons. The lowest BCUT2D eigenvalue weighted by molar-refractivity contribution is -0.159. The highest BCUT2D eigenvalue weighted by atomic mass is 19.1. The van der Waals surface area contributed by atoms with Crippen LogP contribution in [0.25, 0.3) is 5.57 Å². The Morgan fingerprint density at radius 1 is 1.10 bits per heavy atom. The molecule has 2 aromatic carbocycles. The van der Waals surface area contributed by atoms with Crippen molar-refractivity contribution in [1.82, 2.24) is 0 Å². The van der Waals surface area contributed by atoms with Crippen molar-refractivity contribution in [3.8, 4) is 0 Å². The number of carbonyl (C=O) groups is 1. The van der Waals surface area contributed by atoms with Gasteiger partial charge in [0.2, 0.25) is 0 Å². The number of fused-ring (bicyclic) bond motifs is 1. The van der Waals surface area contributed by atoms with E-state index >= 15 is 0 Å². The van der Waals surface area contributed by atoms with E-state index < -0.39 is 11.6 Å². The summed E-state index contributed by atoms with van der Waals surface area (Å²) in [4.78, 5) is 11.4. The SMILES string of the molecule is O=C(O)C1(O)CC=C(c2ccc(F)cc2)c2ccccc21. The number of aliphatic carboxylic acids is 1. The number of aliphatic hydroxyl groups is 1. The average molecular weight is 284 g/mol. The molecule has 106 valence electrons. The molecule has 21 heavy (non-hydrogen) atoms. The van der Waals surface area contributed by atoms with E-state index in [2.05, 4.69) is 0 Å². The minimum absolute atomic E-state index is 0.0218. The summed E-state index contributed by atoms with van der Waals surface area (Å²) in [6.07, 6.45) is 1.66. The predicted octanol–water partition coefficient (Wildman–Crippen LogP) is 2.93. The van der Waals surface area contributed by atoms with Gasteiger partial charge in [0.05, 0.1) is 0 Å². The summed E-state index contributed by atoms with van der Waals surface area (Å²) < 4.78 is 13.0. The van der Waals surface area contributed by atoms with Gasteiger partial charge in [-0.2, -0.15) is 0 Å². The van der Waals surface area contributed by atoms with Gasteiger partial charge in [-0.1, -0.05) is 42.5 Å². The van der Waals surface area contributed by atoms with Crippen molar-refractivity contribution in [1.29, 1.82) is 0 Å². The molecule has 1 aliphatic carbocycles. The maximum atomic E-state index is 13.0. The Hall–Kier alpha value is -2.46. The van der Waals surface area contributed by atoms with Crippen LogP contribution in [0.3, 0.4) is 0 Å². The maximum Gasteiger partial charge on any atom is 0.340 e. The Bertz CT molecular complexity index is 734. The molecular formula is C17H13FO3. The Labute approximate surface area is 121 Å². The minimum Gasteiger partial charge on any atom is -0.479 e. The fraction of sp³-hybridized carbons (Fsp3) is 0.118. The van der Waals surface area contributed by atoms with Gasteiger partial charge in [-0.05, 0) is 28.8 Å². The van der Waals surface area contributed by atoms with E-state index in [1.165, 1.54) is 12.1 Å². The fourth-order valence-electron chi connectivity index (χ4n) is 2.65. The molecule has 0 bridgehead atoms. The molecule has 1 unspecified atom stereocenters. The van der Waals surface area contributed by atoms with Gasteiger partial charge in [0.1, 0.15) is 5.82 Å². The van der Waals surface area contributed by atoms with Gasteiger partial charge in [0, 0.05) is 12.0 Å². The second-order valence-corrected chi connectivity index (χ2v) is 5.04. The van der Waals surface area contributed by atoms with Gasteiger partial charge >= 0.3 is 5.97 Å². The molecular weight excluding hydrogens is 271 g/mol. The molecule has 0 saturated carbocycles. The Kier molecular flexibility index (Phi) is 3.11.